The Hall–Kier alpha value is 0.200. The molecule has 1 rings (SSSR count). The zero-order valence-corrected chi connectivity index (χ0v) is 10.3. The Bertz CT molecular complexity index is 299. The fraction of sp³-hybridized carbons (Fsp3) is 0.556. The minimum Gasteiger partial charge on any atom is -0.386 e. The predicted molar refractivity (Wildman–Crippen MR) is 60.4 cm³/mol. The van der Waals surface area contributed by atoms with Gasteiger partial charge in [0, 0.05) is 5.56 Å². The minimum absolute atomic E-state index is 0.0949. The van der Waals surface area contributed by atoms with Crippen molar-refractivity contribution in [3.63, 3.8) is 0 Å². The van der Waals surface area contributed by atoms with Gasteiger partial charge in [-0.25, -0.2) is 0 Å². The normalized spacial score (nSPS) is 13.6. The maximum Gasteiger partial charge on any atom is 0.105 e. The Kier molecular flexibility index (Phi) is 4.67. The minimum atomic E-state index is -0.700. The van der Waals surface area contributed by atoms with E-state index in [2.05, 4.69) is 0 Å². The van der Waals surface area contributed by atoms with Crippen LogP contribution >= 0.6 is 34.5 Å². The topological polar surface area (TPSA) is 29.5 Å². The van der Waals surface area contributed by atoms with E-state index in [1.54, 1.807) is 6.07 Å². The Labute approximate surface area is 97.4 Å². The third-order valence-electron chi connectivity index (χ3n) is 1.63. The lowest BCUT2D eigenvalue weighted by atomic mass is 10.2. The lowest BCUT2D eigenvalue weighted by Crippen LogP contribution is -2.11. The third kappa shape index (κ3) is 3.41. The van der Waals surface area contributed by atoms with Gasteiger partial charge in [0.05, 0.1) is 17.0 Å². The van der Waals surface area contributed by atoms with E-state index in [1.165, 1.54) is 11.3 Å². The first-order valence-corrected chi connectivity index (χ1v) is 5.82. The zero-order chi connectivity index (χ0) is 10.7. The number of rotatable bonds is 4. The van der Waals surface area contributed by atoms with Gasteiger partial charge in [-0.1, -0.05) is 23.2 Å². The van der Waals surface area contributed by atoms with E-state index in [9.17, 15) is 5.11 Å². The van der Waals surface area contributed by atoms with Crippen molar-refractivity contribution in [2.45, 2.75) is 26.1 Å². The molecule has 0 aliphatic heterocycles. The van der Waals surface area contributed by atoms with Gasteiger partial charge in [0.25, 0.3) is 0 Å². The molecule has 0 saturated carbocycles. The average Bonchev–Trinajstić information content (AvgIpc) is 2.41. The monoisotopic (exact) mass is 254 g/mol. The molecule has 14 heavy (non-hydrogen) atoms. The molecule has 0 aliphatic rings. The molecule has 1 aromatic heterocycles. The molecule has 0 saturated heterocycles. The molecule has 1 heterocycles. The lowest BCUT2D eigenvalue weighted by molar-refractivity contribution is 0.00513. The molecular formula is C9H12Cl2O2S. The van der Waals surface area contributed by atoms with Crippen molar-refractivity contribution in [3.05, 3.63) is 20.3 Å². The molecular weight excluding hydrogens is 243 g/mol. The van der Waals surface area contributed by atoms with Gasteiger partial charge >= 0.3 is 0 Å². The summed E-state index contributed by atoms with van der Waals surface area (Å²) in [4.78, 5) is 0. The Morgan fingerprint density at radius 2 is 2.14 bits per heavy atom. The Morgan fingerprint density at radius 3 is 2.57 bits per heavy atom. The summed E-state index contributed by atoms with van der Waals surface area (Å²) in [5.74, 6) is 0. The highest BCUT2D eigenvalue weighted by Gasteiger charge is 2.15. The molecule has 0 amide bonds. The van der Waals surface area contributed by atoms with E-state index in [4.69, 9.17) is 27.9 Å². The van der Waals surface area contributed by atoms with Crippen LogP contribution in [0.2, 0.25) is 8.67 Å². The fourth-order valence-corrected chi connectivity index (χ4v) is 2.52. The molecule has 1 N–H and O–H groups in total. The summed E-state index contributed by atoms with van der Waals surface area (Å²) in [7, 11) is 0. The van der Waals surface area contributed by atoms with Crippen LogP contribution in [-0.2, 0) is 4.74 Å². The van der Waals surface area contributed by atoms with Gasteiger partial charge in [-0.2, -0.15) is 0 Å². The molecule has 2 nitrogen and oxygen atoms in total. The molecule has 0 fully saturated rings. The van der Waals surface area contributed by atoms with Gasteiger partial charge in [0.15, 0.2) is 0 Å². The van der Waals surface area contributed by atoms with Crippen molar-refractivity contribution in [3.8, 4) is 0 Å². The summed E-state index contributed by atoms with van der Waals surface area (Å²) in [5, 5.41) is 9.70. The standard InChI is InChI=1S/C9H12Cl2O2S/c1-5(2)13-4-7(12)6-3-8(10)14-9(6)11/h3,5,7,12H,4H2,1-2H3. The van der Waals surface area contributed by atoms with Gasteiger partial charge in [-0.05, 0) is 19.9 Å². The van der Waals surface area contributed by atoms with Crippen LogP contribution in [0.1, 0.15) is 25.5 Å². The SMILES string of the molecule is CC(C)OCC(O)c1cc(Cl)sc1Cl. The number of halogens is 2. The predicted octanol–water partition coefficient (Wildman–Crippen LogP) is 3.51. The largest absolute Gasteiger partial charge is 0.386 e. The maximum atomic E-state index is 9.70. The summed E-state index contributed by atoms with van der Waals surface area (Å²) in [6.07, 6.45) is -0.605. The number of hydrogen-bond donors (Lipinski definition) is 1. The summed E-state index contributed by atoms with van der Waals surface area (Å²) >= 11 is 12.9. The molecule has 0 radical (unpaired) electrons. The second-order valence-electron chi connectivity index (χ2n) is 3.18. The van der Waals surface area contributed by atoms with Crippen LogP contribution in [0.5, 0.6) is 0 Å². The van der Waals surface area contributed by atoms with E-state index in [-0.39, 0.29) is 12.7 Å². The molecule has 1 aromatic rings. The summed E-state index contributed by atoms with van der Waals surface area (Å²) < 4.78 is 6.38. The van der Waals surface area contributed by atoms with Crippen LogP contribution < -0.4 is 0 Å². The van der Waals surface area contributed by atoms with Crippen molar-refractivity contribution in [2.75, 3.05) is 6.61 Å². The number of aliphatic hydroxyl groups is 1. The molecule has 1 atom stereocenters. The Balaban J connectivity index is 2.60. The summed E-state index contributed by atoms with van der Waals surface area (Å²) in [5.41, 5.74) is 0.641. The number of thiophene rings is 1. The van der Waals surface area contributed by atoms with Crippen LogP contribution in [0.3, 0.4) is 0 Å². The average molecular weight is 255 g/mol. The van der Waals surface area contributed by atoms with Gasteiger partial charge in [0.2, 0.25) is 0 Å². The van der Waals surface area contributed by atoms with Crippen LogP contribution in [0, 0.1) is 0 Å². The van der Waals surface area contributed by atoms with Crippen LogP contribution in [0.4, 0.5) is 0 Å². The van der Waals surface area contributed by atoms with Crippen LogP contribution in [0.15, 0.2) is 6.07 Å². The van der Waals surface area contributed by atoms with E-state index >= 15 is 0 Å². The van der Waals surface area contributed by atoms with Crippen molar-refractivity contribution >= 4 is 34.5 Å². The third-order valence-corrected chi connectivity index (χ3v) is 3.15. The molecule has 1 unspecified atom stereocenters. The molecule has 80 valence electrons. The summed E-state index contributed by atoms with van der Waals surface area (Å²) in [6, 6.07) is 1.67. The number of hydrogen-bond acceptors (Lipinski definition) is 3. The van der Waals surface area contributed by atoms with Gasteiger partial charge in [0.1, 0.15) is 10.4 Å². The van der Waals surface area contributed by atoms with Gasteiger partial charge in [-0.3, -0.25) is 0 Å². The Morgan fingerprint density at radius 1 is 1.50 bits per heavy atom. The van der Waals surface area contributed by atoms with Crippen LogP contribution in [0.25, 0.3) is 0 Å². The van der Waals surface area contributed by atoms with Crippen molar-refractivity contribution in [1.29, 1.82) is 0 Å². The highest BCUT2D eigenvalue weighted by molar-refractivity contribution is 7.20. The zero-order valence-electron chi connectivity index (χ0n) is 7.96. The highest BCUT2D eigenvalue weighted by atomic mass is 35.5. The molecule has 5 heteroatoms. The van der Waals surface area contributed by atoms with Gasteiger partial charge in [-0.15, -0.1) is 11.3 Å². The molecule has 0 aromatic carbocycles. The van der Waals surface area contributed by atoms with E-state index in [0.717, 1.165) is 0 Å². The summed E-state index contributed by atoms with van der Waals surface area (Å²) in [6.45, 7) is 4.06. The van der Waals surface area contributed by atoms with E-state index < -0.39 is 6.10 Å². The fourth-order valence-electron chi connectivity index (χ4n) is 0.954. The number of aliphatic hydroxyl groups excluding tert-OH is 1. The van der Waals surface area contributed by atoms with Crippen molar-refractivity contribution in [1.82, 2.24) is 0 Å². The lowest BCUT2D eigenvalue weighted by Gasteiger charge is -2.12. The highest BCUT2D eigenvalue weighted by Crippen LogP contribution is 2.35. The first kappa shape index (κ1) is 12.3. The second kappa shape index (κ2) is 5.33. The smallest absolute Gasteiger partial charge is 0.105 e. The quantitative estimate of drug-likeness (QED) is 0.892. The van der Waals surface area contributed by atoms with Crippen molar-refractivity contribution in [2.24, 2.45) is 0 Å². The van der Waals surface area contributed by atoms with Gasteiger partial charge < -0.3 is 9.84 Å². The molecule has 0 spiro atoms. The van der Waals surface area contributed by atoms with Crippen LogP contribution in [-0.4, -0.2) is 17.8 Å². The number of ether oxygens (including phenoxy) is 1. The first-order valence-electron chi connectivity index (χ1n) is 4.25. The van der Waals surface area contributed by atoms with E-state index in [1.807, 2.05) is 13.8 Å². The molecule has 0 bridgehead atoms. The maximum absolute atomic E-state index is 9.70. The van der Waals surface area contributed by atoms with E-state index in [0.29, 0.717) is 14.2 Å². The molecule has 0 aliphatic carbocycles. The second-order valence-corrected chi connectivity index (χ2v) is 5.46. The van der Waals surface area contributed by atoms with Crippen molar-refractivity contribution < 1.29 is 9.84 Å². The first-order chi connectivity index (χ1) is 6.50.